The molecule has 68 valence electrons. The number of hydrogen-bond donors (Lipinski definition) is 1. The number of nitrogen functional groups attached to an aromatic ring is 1. The molecule has 0 fully saturated rings. The minimum absolute atomic E-state index is 0.625. The fourth-order valence-corrected chi connectivity index (χ4v) is 2.61. The maximum Gasteiger partial charge on any atom is 0.132 e. The van der Waals surface area contributed by atoms with Gasteiger partial charge in [0.1, 0.15) is 5.82 Å². The van der Waals surface area contributed by atoms with Gasteiger partial charge in [-0.3, -0.25) is 0 Å². The lowest BCUT2D eigenvalue weighted by Gasteiger charge is -2.00. The van der Waals surface area contributed by atoms with Gasteiger partial charge in [-0.15, -0.1) is 11.3 Å². The zero-order valence-corrected chi connectivity index (χ0v) is 8.21. The lowest BCUT2D eigenvalue weighted by atomic mass is 10.2. The Labute approximate surface area is 85.0 Å². The largest absolute Gasteiger partial charge is 0.383 e. The van der Waals surface area contributed by atoms with E-state index in [1.54, 1.807) is 11.3 Å². The molecular weight excluding hydrogens is 192 g/mol. The molecule has 2 N–H and O–H groups in total. The average molecular weight is 200 g/mol. The van der Waals surface area contributed by atoms with Gasteiger partial charge in [0.25, 0.3) is 0 Å². The Morgan fingerprint density at radius 3 is 2.86 bits per heavy atom. The van der Waals surface area contributed by atoms with E-state index in [1.165, 1.54) is 10.1 Å². The number of pyridine rings is 1. The minimum Gasteiger partial charge on any atom is -0.383 e. The molecule has 0 amide bonds. The van der Waals surface area contributed by atoms with Crippen LogP contribution in [-0.2, 0) is 0 Å². The molecule has 0 aliphatic heterocycles. The fourth-order valence-electron chi connectivity index (χ4n) is 1.67. The van der Waals surface area contributed by atoms with E-state index < -0.39 is 0 Å². The van der Waals surface area contributed by atoms with Gasteiger partial charge < -0.3 is 5.73 Å². The van der Waals surface area contributed by atoms with E-state index in [0.717, 1.165) is 10.9 Å². The highest BCUT2D eigenvalue weighted by atomic mass is 32.1. The second-order valence-electron chi connectivity index (χ2n) is 3.18. The summed E-state index contributed by atoms with van der Waals surface area (Å²) >= 11 is 1.71. The van der Waals surface area contributed by atoms with Gasteiger partial charge in [-0.05, 0) is 17.5 Å². The maximum atomic E-state index is 5.86. The molecule has 0 aliphatic carbocycles. The third kappa shape index (κ3) is 0.930. The van der Waals surface area contributed by atoms with Gasteiger partial charge >= 0.3 is 0 Å². The molecule has 0 saturated carbocycles. The van der Waals surface area contributed by atoms with Crippen molar-refractivity contribution < 1.29 is 0 Å². The first-order valence-electron chi connectivity index (χ1n) is 4.38. The van der Waals surface area contributed by atoms with E-state index in [2.05, 4.69) is 16.4 Å². The lowest BCUT2D eigenvalue weighted by molar-refractivity contribution is 1.45. The van der Waals surface area contributed by atoms with Crippen molar-refractivity contribution in [2.24, 2.45) is 0 Å². The molecular formula is C11H8N2S. The van der Waals surface area contributed by atoms with Crippen molar-refractivity contribution in [3.63, 3.8) is 0 Å². The number of hydrogen-bond acceptors (Lipinski definition) is 3. The average Bonchev–Trinajstić information content (AvgIpc) is 2.67. The van der Waals surface area contributed by atoms with E-state index in [9.17, 15) is 0 Å². The predicted molar refractivity (Wildman–Crippen MR) is 61.5 cm³/mol. The van der Waals surface area contributed by atoms with E-state index in [0.29, 0.717) is 5.82 Å². The highest BCUT2D eigenvalue weighted by Crippen LogP contribution is 2.31. The number of thiophene rings is 1. The van der Waals surface area contributed by atoms with Crippen LogP contribution in [0, 0.1) is 0 Å². The lowest BCUT2D eigenvalue weighted by Crippen LogP contribution is -1.90. The maximum absolute atomic E-state index is 5.86. The molecule has 3 rings (SSSR count). The third-order valence-electron chi connectivity index (χ3n) is 2.33. The van der Waals surface area contributed by atoms with Gasteiger partial charge in [0.05, 0.1) is 5.52 Å². The van der Waals surface area contributed by atoms with Crippen LogP contribution < -0.4 is 5.73 Å². The van der Waals surface area contributed by atoms with Gasteiger partial charge in [0.15, 0.2) is 0 Å². The molecule has 0 spiro atoms. The van der Waals surface area contributed by atoms with Crippen molar-refractivity contribution >= 4 is 38.1 Å². The molecule has 0 radical (unpaired) electrons. The Morgan fingerprint density at radius 2 is 1.93 bits per heavy atom. The van der Waals surface area contributed by atoms with Gasteiger partial charge in [0.2, 0.25) is 0 Å². The van der Waals surface area contributed by atoms with Crippen LogP contribution in [0.25, 0.3) is 21.0 Å². The number of aromatic nitrogens is 1. The highest BCUT2D eigenvalue weighted by Gasteiger charge is 2.05. The topological polar surface area (TPSA) is 38.9 Å². The molecule has 0 atom stereocenters. The second kappa shape index (κ2) is 2.69. The summed E-state index contributed by atoms with van der Waals surface area (Å²) < 4.78 is 1.23. The highest BCUT2D eigenvalue weighted by molar-refractivity contribution is 7.18. The molecule has 3 aromatic rings. The van der Waals surface area contributed by atoms with E-state index in [4.69, 9.17) is 5.73 Å². The Balaban J connectivity index is 2.66. The SMILES string of the molecule is Nc1nc2ccccc2c2sccc12. The summed E-state index contributed by atoms with van der Waals surface area (Å²) in [6, 6.07) is 10.1. The van der Waals surface area contributed by atoms with Crippen molar-refractivity contribution in [2.45, 2.75) is 0 Å². The first-order valence-corrected chi connectivity index (χ1v) is 5.25. The molecule has 1 aromatic carbocycles. The van der Waals surface area contributed by atoms with Gasteiger partial charge in [-0.25, -0.2) is 4.98 Å². The fraction of sp³-hybridized carbons (Fsp3) is 0. The smallest absolute Gasteiger partial charge is 0.132 e. The standard InChI is InChI=1S/C11H8N2S/c12-11-8-5-6-14-10(8)7-3-1-2-4-9(7)13-11/h1-6H,(H2,12,13). The minimum atomic E-state index is 0.625. The van der Waals surface area contributed by atoms with Gasteiger partial charge in [-0.2, -0.15) is 0 Å². The van der Waals surface area contributed by atoms with Crippen molar-refractivity contribution in [3.8, 4) is 0 Å². The van der Waals surface area contributed by atoms with Crippen LogP contribution in [0.15, 0.2) is 35.7 Å². The van der Waals surface area contributed by atoms with Crippen molar-refractivity contribution in [1.82, 2.24) is 4.98 Å². The second-order valence-corrected chi connectivity index (χ2v) is 4.09. The zero-order chi connectivity index (χ0) is 9.54. The van der Waals surface area contributed by atoms with Crippen LogP contribution in [0.3, 0.4) is 0 Å². The number of fused-ring (bicyclic) bond motifs is 3. The number of nitrogens with zero attached hydrogens (tertiary/aromatic N) is 1. The molecule has 3 heteroatoms. The van der Waals surface area contributed by atoms with Crippen LogP contribution in [0.5, 0.6) is 0 Å². The summed E-state index contributed by atoms with van der Waals surface area (Å²) in [5.41, 5.74) is 6.83. The summed E-state index contributed by atoms with van der Waals surface area (Å²) in [6.45, 7) is 0. The molecule has 2 aromatic heterocycles. The molecule has 0 aliphatic rings. The first kappa shape index (κ1) is 7.76. The number of para-hydroxylation sites is 1. The molecule has 14 heavy (non-hydrogen) atoms. The van der Waals surface area contributed by atoms with Crippen LogP contribution in [-0.4, -0.2) is 4.98 Å². The zero-order valence-electron chi connectivity index (χ0n) is 7.40. The third-order valence-corrected chi connectivity index (χ3v) is 3.28. The monoisotopic (exact) mass is 200 g/mol. The number of nitrogens with two attached hydrogens (primary N) is 1. The summed E-state index contributed by atoms with van der Waals surface area (Å²) in [6.07, 6.45) is 0. The number of rotatable bonds is 0. The van der Waals surface area contributed by atoms with Crippen molar-refractivity contribution in [1.29, 1.82) is 0 Å². The van der Waals surface area contributed by atoms with Crippen LogP contribution in [0.2, 0.25) is 0 Å². The molecule has 0 unspecified atom stereocenters. The van der Waals surface area contributed by atoms with Crippen LogP contribution in [0.1, 0.15) is 0 Å². The van der Waals surface area contributed by atoms with Crippen molar-refractivity contribution in [3.05, 3.63) is 35.7 Å². The predicted octanol–water partition coefficient (Wildman–Crippen LogP) is 3.03. The van der Waals surface area contributed by atoms with E-state index in [-0.39, 0.29) is 0 Å². The molecule has 2 heterocycles. The normalized spacial score (nSPS) is 11.1. The quantitative estimate of drug-likeness (QED) is 0.605. The molecule has 2 nitrogen and oxygen atoms in total. The summed E-state index contributed by atoms with van der Waals surface area (Å²) in [5, 5.41) is 4.30. The Hall–Kier alpha value is -1.61. The number of anilines is 1. The van der Waals surface area contributed by atoms with Crippen LogP contribution >= 0.6 is 11.3 Å². The van der Waals surface area contributed by atoms with E-state index in [1.807, 2.05) is 24.3 Å². The van der Waals surface area contributed by atoms with Gasteiger partial charge in [-0.1, -0.05) is 18.2 Å². The van der Waals surface area contributed by atoms with Gasteiger partial charge in [0, 0.05) is 15.5 Å². The van der Waals surface area contributed by atoms with Crippen molar-refractivity contribution in [2.75, 3.05) is 5.73 Å². The first-order chi connectivity index (χ1) is 6.86. The number of benzene rings is 1. The Morgan fingerprint density at radius 1 is 1.07 bits per heavy atom. The molecule has 0 saturated heterocycles. The Bertz CT molecular complexity index is 613. The van der Waals surface area contributed by atoms with E-state index >= 15 is 0 Å². The summed E-state index contributed by atoms with van der Waals surface area (Å²) in [4.78, 5) is 4.36. The summed E-state index contributed by atoms with van der Waals surface area (Å²) in [7, 11) is 0. The Kier molecular flexibility index (Phi) is 1.49. The van der Waals surface area contributed by atoms with Crippen LogP contribution in [0.4, 0.5) is 5.82 Å². The summed E-state index contributed by atoms with van der Waals surface area (Å²) in [5.74, 6) is 0.625. The molecule has 0 bridgehead atoms.